The maximum atomic E-state index is 5.71. The monoisotopic (exact) mass is 334 g/mol. The summed E-state index contributed by atoms with van der Waals surface area (Å²) in [5.41, 5.74) is 7.21. The van der Waals surface area contributed by atoms with Gasteiger partial charge in [-0.25, -0.2) is 4.68 Å². The van der Waals surface area contributed by atoms with Crippen molar-refractivity contribution in [2.24, 2.45) is 0 Å². The van der Waals surface area contributed by atoms with Gasteiger partial charge in [-0.05, 0) is 49.6 Å². The maximum absolute atomic E-state index is 5.71. The average Bonchev–Trinajstić information content (AvgIpc) is 2.86. The third-order valence-electron chi connectivity index (χ3n) is 5.00. The summed E-state index contributed by atoms with van der Waals surface area (Å²) in [4.78, 5) is 0. The number of methoxy groups -OCH3 is 2. The van der Waals surface area contributed by atoms with Crippen molar-refractivity contribution in [3.63, 3.8) is 0 Å². The number of hydrogen-bond acceptors (Lipinski definition) is 3. The Kier molecular flexibility index (Phi) is 4.06. The van der Waals surface area contributed by atoms with Gasteiger partial charge in [-0.1, -0.05) is 24.3 Å². The van der Waals surface area contributed by atoms with Gasteiger partial charge in [0.15, 0.2) is 0 Å². The number of rotatable bonds is 3. The van der Waals surface area contributed by atoms with Crippen LogP contribution in [0.3, 0.4) is 0 Å². The normalized spacial score (nSPS) is 18.8. The minimum Gasteiger partial charge on any atom is -0.497 e. The van der Waals surface area contributed by atoms with Crippen LogP contribution in [-0.4, -0.2) is 30.1 Å². The van der Waals surface area contributed by atoms with Crippen molar-refractivity contribution < 1.29 is 9.47 Å². The van der Waals surface area contributed by atoms with Gasteiger partial charge in [-0.15, -0.1) is 0 Å². The van der Waals surface area contributed by atoms with E-state index in [0.717, 1.165) is 30.0 Å². The highest BCUT2D eigenvalue weighted by atomic mass is 16.5. The summed E-state index contributed by atoms with van der Waals surface area (Å²) in [7, 11) is 3.45. The number of benzene rings is 1. The van der Waals surface area contributed by atoms with E-state index in [-0.39, 0.29) is 6.10 Å². The maximum Gasteiger partial charge on any atom is 0.119 e. The molecule has 0 bridgehead atoms. The van der Waals surface area contributed by atoms with E-state index >= 15 is 0 Å². The first-order valence-electron chi connectivity index (χ1n) is 8.57. The van der Waals surface area contributed by atoms with E-state index < -0.39 is 0 Å². The lowest BCUT2D eigenvalue weighted by molar-refractivity contribution is 0.166. The predicted octanol–water partition coefficient (Wildman–Crippen LogP) is 4.03. The van der Waals surface area contributed by atoms with E-state index in [1.807, 2.05) is 24.3 Å². The van der Waals surface area contributed by atoms with Gasteiger partial charge in [0, 0.05) is 18.2 Å². The molecular weight excluding hydrogens is 312 g/mol. The molecule has 0 amide bonds. The zero-order valence-electron chi connectivity index (χ0n) is 14.8. The number of fused-ring (bicyclic) bond motifs is 2. The van der Waals surface area contributed by atoms with Crippen LogP contribution in [0, 0.1) is 6.92 Å². The second kappa shape index (κ2) is 6.37. The Morgan fingerprint density at radius 1 is 1.08 bits per heavy atom. The Hall–Kier alpha value is -2.59. The van der Waals surface area contributed by atoms with Crippen LogP contribution in [0.5, 0.6) is 5.75 Å². The van der Waals surface area contributed by atoms with Crippen molar-refractivity contribution >= 4 is 5.57 Å². The fraction of sp³-hybridized carbons (Fsp3) is 0.286. The van der Waals surface area contributed by atoms with Crippen molar-refractivity contribution in [1.29, 1.82) is 0 Å². The Balaban J connectivity index is 1.90. The van der Waals surface area contributed by atoms with Gasteiger partial charge < -0.3 is 9.47 Å². The van der Waals surface area contributed by atoms with Gasteiger partial charge in [0.25, 0.3) is 0 Å². The molecule has 2 aliphatic carbocycles. The van der Waals surface area contributed by atoms with Crippen molar-refractivity contribution in [3.8, 4) is 11.4 Å². The Morgan fingerprint density at radius 2 is 1.88 bits per heavy atom. The highest BCUT2D eigenvalue weighted by Gasteiger charge is 2.28. The van der Waals surface area contributed by atoms with E-state index in [9.17, 15) is 0 Å². The van der Waals surface area contributed by atoms with Crippen LogP contribution < -0.4 is 4.74 Å². The van der Waals surface area contributed by atoms with Crippen LogP contribution in [0.25, 0.3) is 11.3 Å². The summed E-state index contributed by atoms with van der Waals surface area (Å²) in [5, 5.41) is 4.84. The zero-order chi connectivity index (χ0) is 17.4. The molecule has 0 fully saturated rings. The third-order valence-corrected chi connectivity index (χ3v) is 5.00. The number of ether oxygens (including phenoxy) is 2. The van der Waals surface area contributed by atoms with E-state index in [4.69, 9.17) is 14.6 Å². The number of nitrogens with zero attached hydrogens (tertiary/aromatic N) is 2. The molecule has 0 N–H and O–H groups in total. The van der Waals surface area contributed by atoms with Crippen LogP contribution >= 0.6 is 0 Å². The van der Waals surface area contributed by atoms with Crippen LogP contribution in [0.4, 0.5) is 0 Å². The predicted molar refractivity (Wildman–Crippen MR) is 99.2 cm³/mol. The Labute approximate surface area is 148 Å². The minimum atomic E-state index is 0.0256. The molecule has 1 atom stereocenters. The molecule has 2 aromatic rings. The molecule has 1 unspecified atom stereocenters. The van der Waals surface area contributed by atoms with Crippen molar-refractivity contribution in [2.75, 3.05) is 14.2 Å². The minimum absolute atomic E-state index is 0.0256. The van der Waals surface area contributed by atoms with Crippen molar-refractivity contribution in [1.82, 2.24) is 9.78 Å². The SMILES string of the molecule is COc1ccc(-n2nc(C)c3c2C2=C(CC3)C(OC)C=CC=C2)cc1. The van der Waals surface area contributed by atoms with Gasteiger partial charge in [0.2, 0.25) is 0 Å². The molecular formula is C21H22N2O2. The summed E-state index contributed by atoms with van der Waals surface area (Å²) < 4.78 is 13.0. The molecule has 25 heavy (non-hydrogen) atoms. The summed E-state index contributed by atoms with van der Waals surface area (Å²) in [6, 6.07) is 8.04. The van der Waals surface area contributed by atoms with Crippen LogP contribution in [0.15, 0.2) is 54.1 Å². The average molecular weight is 334 g/mol. The fourth-order valence-corrected chi connectivity index (χ4v) is 3.73. The van der Waals surface area contributed by atoms with Crippen LogP contribution in [-0.2, 0) is 11.2 Å². The molecule has 1 aromatic heterocycles. The molecule has 128 valence electrons. The second-order valence-corrected chi connectivity index (χ2v) is 6.36. The third kappa shape index (κ3) is 2.63. The molecule has 0 radical (unpaired) electrons. The first-order valence-corrected chi connectivity index (χ1v) is 8.57. The molecule has 1 aromatic carbocycles. The molecule has 1 heterocycles. The molecule has 4 nitrogen and oxygen atoms in total. The summed E-state index contributed by atoms with van der Waals surface area (Å²) >= 11 is 0. The van der Waals surface area contributed by atoms with E-state index in [2.05, 4.69) is 35.9 Å². The largest absolute Gasteiger partial charge is 0.497 e. The molecule has 0 spiro atoms. The van der Waals surface area contributed by atoms with Gasteiger partial charge in [0.1, 0.15) is 5.75 Å². The second-order valence-electron chi connectivity index (χ2n) is 6.36. The number of aromatic nitrogens is 2. The quantitative estimate of drug-likeness (QED) is 0.850. The smallest absolute Gasteiger partial charge is 0.119 e. The first kappa shape index (κ1) is 15.9. The Morgan fingerprint density at radius 3 is 2.60 bits per heavy atom. The highest BCUT2D eigenvalue weighted by molar-refractivity contribution is 5.81. The molecule has 2 aliphatic rings. The lowest BCUT2D eigenvalue weighted by Gasteiger charge is -2.24. The first-order chi connectivity index (χ1) is 12.2. The fourth-order valence-electron chi connectivity index (χ4n) is 3.73. The van der Waals surface area contributed by atoms with Crippen LogP contribution in [0.1, 0.15) is 23.4 Å². The Bertz CT molecular complexity index is 885. The van der Waals surface area contributed by atoms with E-state index in [1.165, 1.54) is 22.4 Å². The number of aryl methyl sites for hydroxylation is 1. The standard InChI is InChI=1S/C21H22N2O2/c1-14-17-12-13-18-19(6-4-5-7-20(18)25-3)21(17)23(22-14)15-8-10-16(24-2)11-9-15/h4-11,20H,12-13H2,1-3H3. The lowest BCUT2D eigenvalue weighted by atomic mass is 9.86. The van der Waals surface area contributed by atoms with E-state index in [1.54, 1.807) is 14.2 Å². The van der Waals surface area contributed by atoms with Crippen molar-refractivity contribution in [3.05, 3.63) is 71.1 Å². The topological polar surface area (TPSA) is 36.3 Å². The van der Waals surface area contributed by atoms with Gasteiger partial charge in [0.05, 0.1) is 30.3 Å². The molecule has 4 heteroatoms. The molecule has 0 saturated heterocycles. The zero-order valence-corrected chi connectivity index (χ0v) is 14.8. The lowest BCUT2D eigenvalue weighted by Crippen LogP contribution is -2.17. The summed E-state index contributed by atoms with van der Waals surface area (Å²) in [6.45, 7) is 2.09. The summed E-state index contributed by atoms with van der Waals surface area (Å²) in [5.74, 6) is 0.847. The molecule has 4 rings (SSSR count). The van der Waals surface area contributed by atoms with Gasteiger partial charge >= 0.3 is 0 Å². The van der Waals surface area contributed by atoms with E-state index in [0.29, 0.717) is 0 Å². The molecule has 0 saturated carbocycles. The molecule has 0 aliphatic heterocycles. The highest BCUT2D eigenvalue weighted by Crippen LogP contribution is 2.38. The number of hydrogen-bond donors (Lipinski definition) is 0. The summed E-state index contributed by atoms with van der Waals surface area (Å²) in [6.07, 6.45) is 10.5. The number of allylic oxidation sites excluding steroid dienone is 4. The van der Waals surface area contributed by atoms with Crippen LogP contribution in [0.2, 0.25) is 0 Å². The van der Waals surface area contributed by atoms with Gasteiger partial charge in [-0.2, -0.15) is 5.10 Å². The van der Waals surface area contributed by atoms with Gasteiger partial charge in [-0.3, -0.25) is 0 Å². The van der Waals surface area contributed by atoms with Crippen molar-refractivity contribution in [2.45, 2.75) is 25.9 Å².